The first-order chi connectivity index (χ1) is 13.6. The van der Waals surface area contributed by atoms with Gasteiger partial charge in [0.1, 0.15) is 12.4 Å². The first-order valence-electron chi connectivity index (χ1n) is 8.76. The normalized spacial score (nSPS) is 10.9. The maximum Gasteiger partial charge on any atom is 0.253 e. The van der Waals surface area contributed by atoms with Gasteiger partial charge in [-0.1, -0.05) is 30.3 Å². The molecule has 140 valence electrons. The zero-order valence-electron chi connectivity index (χ0n) is 14.8. The number of amides is 1. The minimum Gasteiger partial charge on any atom is -0.492 e. The quantitative estimate of drug-likeness (QED) is 0.412. The lowest BCUT2D eigenvalue weighted by molar-refractivity contribution is 0.0948. The smallest absolute Gasteiger partial charge is 0.253 e. The van der Waals surface area contributed by atoms with Crippen LogP contribution in [0, 0.1) is 11.6 Å². The van der Waals surface area contributed by atoms with Crippen LogP contribution >= 0.6 is 0 Å². The van der Waals surface area contributed by atoms with Crippen molar-refractivity contribution in [3.63, 3.8) is 0 Å². The van der Waals surface area contributed by atoms with Crippen LogP contribution in [-0.2, 0) is 0 Å². The van der Waals surface area contributed by atoms with Gasteiger partial charge in [0.05, 0.1) is 17.6 Å². The molecule has 0 spiro atoms. The van der Waals surface area contributed by atoms with Crippen molar-refractivity contribution in [2.75, 3.05) is 13.2 Å². The molecule has 0 saturated carbocycles. The lowest BCUT2D eigenvalue weighted by atomic mass is 10.0. The van der Waals surface area contributed by atoms with Crippen LogP contribution in [0.2, 0.25) is 0 Å². The van der Waals surface area contributed by atoms with Crippen molar-refractivity contribution in [2.45, 2.75) is 0 Å². The molecule has 1 N–H and O–H groups in total. The van der Waals surface area contributed by atoms with Crippen LogP contribution in [0.3, 0.4) is 0 Å². The molecule has 0 bridgehead atoms. The molecule has 0 fully saturated rings. The number of aromatic nitrogens is 1. The predicted octanol–water partition coefficient (Wildman–Crippen LogP) is 4.48. The van der Waals surface area contributed by atoms with Gasteiger partial charge >= 0.3 is 0 Å². The average molecular weight is 378 g/mol. The van der Waals surface area contributed by atoms with E-state index >= 15 is 0 Å². The van der Waals surface area contributed by atoms with Gasteiger partial charge in [-0.2, -0.15) is 0 Å². The molecular weight excluding hydrogens is 362 g/mol. The van der Waals surface area contributed by atoms with Crippen molar-refractivity contribution in [1.82, 2.24) is 10.3 Å². The van der Waals surface area contributed by atoms with Gasteiger partial charge in [0.25, 0.3) is 5.91 Å². The van der Waals surface area contributed by atoms with Crippen molar-refractivity contribution in [3.05, 3.63) is 84.1 Å². The number of nitrogens with zero attached hydrogens (tertiary/aromatic N) is 1. The zero-order valence-corrected chi connectivity index (χ0v) is 14.8. The number of carbonyl (C=O) groups is 1. The third-order valence-electron chi connectivity index (χ3n) is 4.41. The summed E-state index contributed by atoms with van der Waals surface area (Å²) in [6.07, 6.45) is 1.65. The highest BCUT2D eigenvalue weighted by Gasteiger charge is 2.13. The Labute approximate surface area is 159 Å². The van der Waals surface area contributed by atoms with E-state index in [2.05, 4.69) is 10.3 Å². The SMILES string of the molecule is O=C(NCCOc1ccc(F)c(F)c1)c1cc2ccccc2c2cccnc12. The highest BCUT2D eigenvalue weighted by molar-refractivity contribution is 6.15. The minimum atomic E-state index is -0.977. The van der Waals surface area contributed by atoms with Gasteiger partial charge in [-0.25, -0.2) is 8.78 Å². The van der Waals surface area contributed by atoms with E-state index in [-0.39, 0.29) is 24.8 Å². The Kier molecular flexibility index (Phi) is 4.85. The number of carbonyl (C=O) groups excluding carboxylic acids is 1. The summed E-state index contributed by atoms with van der Waals surface area (Å²) in [6, 6.07) is 16.7. The van der Waals surface area contributed by atoms with Crippen LogP contribution in [-0.4, -0.2) is 24.0 Å². The van der Waals surface area contributed by atoms with E-state index in [0.717, 1.165) is 28.3 Å². The van der Waals surface area contributed by atoms with Gasteiger partial charge in [-0.15, -0.1) is 0 Å². The summed E-state index contributed by atoms with van der Waals surface area (Å²) >= 11 is 0. The summed E-state index contributed by atoms with van der Waals surface area (Å²) in [5.74, 6) is -1.99. The molecule has 0 aliphatic rings. The molecule has 0 radical (unpaired) electrons. The van der Waals surface area contributed by atoms with Crippen LogP contribution in [0.15, 0.2) is 66.9 Å². The first kappa shape index (κ1) is 17.9. The van der Waals surface area contributed by atoms with Gasteiger partial charge in [-0.3, -0.25) is 9.78 Å². The summed E-state index contributed by atoms with van der Waals surface area (Å²) in [6.45, 7) is 0.328. The number of hydrogen-bond donors (Lipinski definition) is 1. The van der Waals surface area contributed by atoms with E-state index in [1.54, 1.807) is 6.20 Å². The van der Waals surface area contributed by atoms with E-state index in [0.29, 0.717) is 11.1 Å². The Bertz CT molecular complexity index is 1180. The lowest BCUT2D eigenvalue weighted by Gasteiger charge is -2.11. The Morgan fingerprint density at radius 3 is 2.64 bits per heavy atom. The van der Waals surface area contributed by atoms with E-state index in [1.165, 1.54) is 6.07 Å². The predicted molar refractivity (Wildman–Crippen MR) is 103 cm³/mol. The molecule has 0 aliphatic heterocycles. The summed E-state index contributed by atoms with van der Waals surface area (Å²) in [5.41, 5.74) is 1.10. The maximum atomic E-state index is 13.2. The Balaban J connectivity index is 1.50. The fourth-order valence-corrected chi connectivity index (χ4v) is 3.10. The van der Waals surface area contributed by atoms with Crippen LogP contribution in [0.1, 0.15) is 10.4 Å². The number of rotatable bonds is 5. The van der Waals surface area contributed by atoms with Gasteiger partial charge in [-0.05, 0) is 35.0 Å². The van der Waals surface area contributed by atoms with Gasteiger partial charge < -0.3 is 10.1 Å². The summed E-state index contributed by atoms with van der Waals surface area (Å²) in [5, 5.41) is 5.67. The Morgan fingerprint density at radius 2 is 1.79 bits per heavy atom. The van der Waals surface area contributed by atoms with Crippen LogP contribution in [0.4, 0.5) is 8.78 Å². The van der Waals surface area contributed by atoms with Crippen molar-refractivity contribution < 1.29 is 18.3 Å². The second-order valence-corrected chi connectivity index (χ2v) is 6.23. The molecule has 1 amide bonds. The maximum absolute atomic E-state index is 13.2. The molecule has 4 aromatic rings. The highest BCUT2D eigenvalue weighted by Crippen LogP contribution is 2.27. The van der Waals surface area contributed by atoms with Crippen LogP contribution in [0.5, 0.6) is 5.75 Å². The number of fused-ring (bicyclic) bond motifs is 3. The van der Waals surface area contributed by atoms with Crippen LogP contribution in [0.25, 0.3) is 21.7 Å². The highest BCUT2D eigenvalue weighted by atomic mass is 19.2. The van der Waals surface area contributed by atoms with Crippen molar-refractivity contribution in [2.24, 2.45) is 0 Å². The average Bonchev–Trinajstić information content (AvgIpc) is 2.73. The van der Waals surface area contributed by atoms with Crippen molar-refractivity contribution in [3.8, 4) is 5.75 Å². The topological polar surface area (TPSA) is 51.2 Å². The number of halogens is 2. The third kappa shape index (κ3) is 3.49. The molecule has 28 heavy (non-hydrogen) atoms. The van der Waals surface area contributed by atoms with E-state index in [1.807, 2.05) is 42.5 Å². The third-order valence-corrected chi connectivity index (χ3v) is 4.41. The fourth-order valence-electron chi connectivity index (χ4n) is 3.10. The molecule has 0 aliphatic carbocycles. The van der Waals surface area contributed by atoms with Gasteiger partial charge in [0, 0.05) is 17.6 Å². The van der Waals surface area contributed by atoms with E-state index in [9.17, 15) is 13.6 Å². The summed E-state index contributed by atoms with van der Waals surface area (Å²) in [4.78, 5) is 17.1. The number of ether oxygens (including phenoxy) is 1. The van der Waals surface area contributed by atoms with Crippen molar-refractivity contribution in [1.29, 1.82) is 0 Å². The molecule has 4 nitrogen and oxygen atoms in total. The molecular formula is C22H16F2N2O2. The summed E-state index contributed by atoms with van der Waals surface area (Å²) in [7, 11) is 0. The number of nitrogens with one attached hydrogen (secondary N) is 1. The number of benzene rings is 3. The zero-order chi connectivity index (χ0) is 19.5. The molecule has 0 unspecified atom stereocenters. The lowest BCUT2D eigenvalue weighted by Crippen LogP contribution is -2.28. The first-order valence-corrected chi connectivity index (χ1v) is 8.76. The second-order valence-electron chi connectivity index (χ2n) is 6.23. The molecule has 1 heterocycles. The monoisotopic (exact) mass is 378 g/mol. The van der Waals surface area contributed by atoms with Gasteiger partial charge in [0.15, 0.2) is 11.6 Å². The largest absolute Gasteiger partial charge is 0.492 e. The van der Waals surface area contributed by atoms with E-state index in [4.69, 9.17) is 4.74 Å². The Hall–Kier alpha value is -3.54. The Morgan fingerprint density at radius 1 is 0.964 bits per heavy atom. The molecule has 0 atom stereocenters. The van der Waals surface area contributed by atoms with Crippen LogP contribution < -0.4 is 10.1 Å². The van der Waals surface area contributed by atoms with Crippen molar-refractivity contribution >= 4 is 27.6 Å². The fraction of sp³-hybridized carbons (Fsp3) is 0.0909. The molecule has 0 saturated heterocycles. The standard InChI is InChI=1S/C22H16F2N2O2/c23-19-8-7-15(13-20(19)24)28-11-10-26-22(27)18-12-14-4-1-2-5-16(14)17-6-3-9-25-21(17)18/h1-9,12-13H,10-11H2,(H,26,27). The van der Waals surface area contributed by atoms with Gasteiger partial charge in [0.2, 0.25) is 0 Å². The number of pyridine rings is 1. The molecule has 6 heteroatoms. The summed E-state index contributed by atoms with van der Waals surface area (Å²) < 4.78 is 31.5. The molecule has 1 aromatic heterocycles. The molecule has 3 aromatic carbocycles. The van der Waals surface area contributed by atoms with E-state index < -0.39 is 11.6 Å². The molecule has 4 rings (SSSR count). The number of hydrogen-bond acceptors (Lipinski definition) is 3. The minimum absolute atomic E-state index is 0.121. The second kappa shape index (κ2) is 7.60.